The SMILES string of the molecule is C=CCOc1ccc([C@H]2C(=C(O)c3ccc(OCC=C)c(C)c3)C(=O)C(=O)N2c2nc(C)c(C(=O)OC)s2)cc1. The van der Waals surface area contributed by atoms with Crippen molar-refractivity contribution >= 4 is 39.9 Å². The fraction of sp³-hybridized carbons (Fsp3) is 0.200. The molecule has 0 radical (unpaired) electrons. The molecular weight excluding hydrogens is 532 g/mol. The second kappa shape index (κ2) is 12.0. The first kappa shape index (κ1) is 28.3. The van der Waals surface area contributed by atoms with Gasteiger partial charge in [-0.15, -0.1) is 0 Å². The Bertz CT molecular complexity index is 1520. The van der Waals surface area contributed by atoms with Crippen LogP contribution in [0.1, 0.15) is 38.1 Å². The first-order chi connectivity index (χ1) is 19.2. The van der Waals surface area contributed by atoms with E-state index in [9.17, 15) is 19.5 Å². The Hall–Kier alpha value is -4.70. The lowest BCUT2D eigenvalue weighted by atomic mass is 9.95. The molecule has 1 fully saturated rings. The molecule has 0 aliphatic carbocycles. The van der Waals surface area contributed by atoms with Crippen molar-refractivity contribution in [3.05, 3.63) is 101 Å². The maximum atomic E-state index is 13.5. The number of methoxy groups -OCH3 is 1. The number of rotatable bonds is 10. The number of anilines is 1. The molecule has 0 unspecified atom stereocenters. The number of Topliss-reactive ketones (excluding diaryl/α,β-unsaturated/α-hetero) is 1. The van der Waals surface area contributed by atoms with E-state index in [1.165, 1.54) is 12.0 Å². The third-order valence-corrected chi connectivity index (χ3v) is 7.31. The molecule has 206 valence electrons. The third-order valence-electron chi connectivity index (χ3n) is 6.18. The van der Waals surface area contributed by atoms with Crippen LogP contribution in [0.2, 0.25) is 0 Å². The van der Waals surface area contributed by atoms with Gasteiger partial charge in [-0.25, -0.2) is 9.78 Å². The standard InChI is InChI=1S/C30H28N2O7S/c1-6-14-38-21-11-8-19(9-12-21)24-23(25(33)20-10-13-22(17(3)16-20)39-15-7-2)26(34)28(35)32(24)30-31-18(4)27(40-30)29(36)37-5/h6-13,16,24,33H,1-2,14-15H2,3-5H3/t24-/m0/s1. The molecule has 1 N–H and O–H groups in total. The second-order valence-electron chi connectivity index (χ2n) is 8.82. The number of esters is 1. The maximum absolute atomic E-state index is 13.5. The molecule has 4 rings (SSSR count). The molecule has 1 atom stereocenters. The summed E-state index contributed by atoms with van der Waals surface area (Å²) in [6.07, 6.45) is 3.23. The lowest BCUT2D eigenvalue weighted by molar-refractivity contribution is -0.132. The van der Waals surface area contributed by atoms with Crippen LogP contribution in [-0.2, 0) is 14.3 Å². The van der Waals surface area contributed by atoms with E-state index in [1.807, 2.05) is 0 Å². The van der Waals surface area contributed by atoms with E-state index >= 15 is 0 Å². The van der Waals surface area contributed by atoms with Crippen LogP contribution in [0.25, 0.3) is 5.76 Å². The highest BCUT2D eigenvalue weighted by Crippen LogP contribution is 2.44. The van der Waals surface area contributed by atoms with E-state index in [0.29, 0.717) is 41.5 Å². The Morgan fingerprint density at radius 1 is 1.07 bits per heavy atom. The van der Waals surface area contributed by atoms with E-state index in [0.717, 1.165) is 16.9 Å². The third kappa shape index (κ3) is 5.39. The number of ketones is 1. The average Bonchev–Trinajstić information content (AvgIpc) is 3.46. The van der Waals surface area contributed by atoms with Gasteiger partial charge in [0.1, 0.15) is 35.3 Å². The number of carbonyl (C=O) groups excluding carboxylic acids is 3. The second-order valence-corrected chi connectivity index (χ2v) is 9.80. The van der Waals surface area contributed by atoms with Gasteiger partial charge >= 0.3 is 11.9 Å². The zero-order valence-electron chi connectivity index (χ0n) is 22.3. The van der Waals surface area contributed by atoms with Crippen molar-refractivity contribution in [3.8, 4) is 11.5 Å². The molecular formula is C30H28N2O7S. The molecule has 2 aromatic carbocycles. The molecule has 40 heavy (non-hydrogen) atoms. The Labute approximate surface area is 235 Å². The lowest BCUT2D eigenvalue weighted by Gasteiger charge is -2.23. The lowest BCUT2D eigenvalue weighted by Crippen LogP contribution is -2.29. The minimum Gasteiger partial charge on any atom is -0.507 e. The quantitative estimate of drug-likeness (QED) is 0.117. The van der Waals surface area contributed by atoms with Crippen LogP contribution in [0.5, 0.6) is 11.5 Å². The molecule has 1 amide bonds. The number of ether oxygens (including phenoxy) is 3. The molecule has 9 nitrogen and oxygen atoms in total. The van der Waals surface area contributed by atoms with Crippen molar-refractivity contribution in [3.63, 3.8) is 0 Å². The number of aromatic nitrogens is 1. The van der Waals surface area contributed by atoms with Crippen molar-refractivity contribution in [1.29, 1.82) is 0 Å². The normalized spacial score (nSPS) is 16.1. The van der Waals surface area contributed by atoms with Crippen molar-refractivity contribution in [1.82, 2.24) is 4.98 Å². The molecule has 2 heterocycles. The van der Waals surface area contributed by atoms with Crippen LogP contribution in [0.15, 0.2) is 73.3 Å². The highest BCUT2D eigenvalue weighted by molar-refractivity contribution is 7.17. The van der Waals surface area contributed by atoms with Gasteiger partial charge in [-0.1, -0.05) is 48.8 Å². The van der Waals surface area contributed by atoms with Gasteiger partial charge in [0.15, 0.2) is 5.13 Å². The van der Waals surface area contributed by atoms with E-state index in [-0.39, 0.29) is 21.3 Å². The predicted molar refractivity (Wildman–Crippen MR) is 152 cm³/mol. The van der Waals surface area contributed by atoms with Gasteiger partial charge in [0.25, 0.3) is 5.78 Å². The number of amides is 1. The van der Waals surface area contributed by atoms with Gasteiger partial charge in [0.2, 0.25) is 0 Å². The summed E-state index contributed by atoms with van der Waals surface area (Å²) in [4.78, 5) is 45.0. The molecule has 10 heteroatoms. The first-order valence-corrected chi connectivity index (χ1v) is 13.1. The predicted octanol–water partition coefficient (Wildman–Crippen LogP) is 5.30. The van der Waals surface area contributed by atoms with Gasteiger partial charge in [-0.05, 0) is 55.3 Å². The zero-order chi connectivity index (χ0) is 29.0. The summed E-state index contributed by atoms with van der Waals surface area (Å²) in [5.41, 5.74) is 1.83. The van der Waals surface area contributed by atoms with Crippen LogP contribution in [0.3, 0.4) is 0 Å². The number of carbonyl (C=O) groups is 3. The largest absolute Gasteiger partial charge is 0.507 e. The van der Waals surface area contributed by atoms with Crippen LogP contribution >= 0.6 is 11.3 Å². The molecule has 0 saturated carbocycles. The van der Waals surface area contributed by atoms with E-state index in [4.69, 9.17) is 14.2 Å². The van der Waals surface area contributed by atoms with Gasteiger partial charge < -0.3 is 19.3 Å². The number of aryl methyl sites for hydroxylation is 2. The van der Waals surface area contributed by atoms with Gasteiger partial charge in [0, 0.05) is 5.56 Å². The minimum atomic E-state index is -1.03. The number of hydrogen-bond acceptors (Lipinski definition) is 9. The molecule has 1 aliphatic heterocycles. The topological polar surface area (TPSA) is 115 Å². The van der Waals surface area contributed by atoms with Crippen molar-refractivity contribution in [2.24, 2.45) is 0 Å². The highest BCUT2D eigenvalue weighted by atomic mass is 32.1. The van der Waals surface area contributed by atoms with Crippen LogP contribution in [-0.4, -0.2) is 48.1 Å². The van der Waals surface area contributed by atoms with E-state index in [1.54, 1.807) is 68.5 Å². The number of aliphatic hydroxyl groups is 1. The summed E-state index contributed by atoms with van der Waals surface area (Å²) in [5.74, 6) is -1.57. The Morgan fingerprint density at radius 3 is 2.38 bits per heavy atom. The zero-order valence-corrected chi connectivity index (χ0v) is 23.1. The molecule has 0 bridgehead atoms. The van der Waals surface area contributed by atoms with Crippen molar-refractivity contribution in [2.75, 3.05) is 25.2 Å². The van der Waals surface area contributed by atoms with Gasteiger partial charge in [-0.2, -0.15) is 0 Å². The van der Waals surface area contributed by atoms with Crippen LogP contribution < -0.4 is 14.4 Å². The molecule has 1 saturated heterocycles. The fourth-order valence-electron chi connectivity index (χ4n) is 4.28. The van der Waals surface area contributed by atoms with Crippen LogP contribution in [0.4, 0.5) is 5.13 Å². The Balaban J connectivity index is 1.87. The number of nitrogens with zero attached hydrogens (tertiary/aromatic N) is 2. The van der Waals surface area contributed by atoms with E-state index < -0.39 is 23.7 Å². The summed E-state index contributed by atoms with van der Waals surface area (Å²) in [7, 11) is 1.25. The van der Waals surface area contributed by atoms with Gasteiger partial charge in [0.05, 0.1) is 24.4 Å². The summed E-state index contributed by atoms with van der Waals surface area (Å²) < 4.78 is 16.0. The number of hydrogen-bond donors (Lipinski definition) is 1. The number of thiazole rings is 1. The van der Waals surface area contributed by atoms with Crippen LogP contribution in [0, 0.1) is 13.8 Å². The Kier molecular flexibility index (Phi) is 8.49. The monoisotopic (exact) mass is 560 g/mol. The summed E-state index contributed by atoms with van der Waals surface area (Å²) in [6, 6.07) is 10.7. The minimum absolute atomic E-state index is 0.114. The average molecular weight is 561 g/mol. The molecule has 3 aromatic rings. The first-order valence-electron chi connectivity index (χ1n) is 12.3. The maximum Gasteiger partial charge on any atom is 0.350 e. The smallest absolute Gasteiger partial charge is 0.350 e. The van der Waals surface area contributed by atoms with Crippen molar-refractivity contribution < 1.29 is 33.7 Å². The molecule has 1 aromatic heterocycles. The fourth-order valence-corrected chi connectivity index (χ4v) is 5.29. The Morgan fingerprint density at radius 2 is 1.75 bits per heavy atom. The summed E-state index contributed by atoms with van der Waals surface area (Å²) >= 11 is 0.932. The highest BCUT2D eigenvalue weighted by Gasteiger charge is 2.48. The summed E-state index contributed by atoms with van der Waals surface area (Å²) in [5, 5.41) is 11.6. The number of aliphatic hydroxyl groups excluding tert-OH is 1. The van der Waals surface area contributed by atoms with Crippen molar-refractivity contribution in [2.45, 2.75) is 19.9 Å². The summed E-state index contributed by atoms with van der Waals surface area (Å²) in [6.45, 7) is 11.3. The van der Waals surface area contributed by atoms with Gasteiger partial charge in [-0.3, -0.25) is 14.5 Å². The number of benzene rings is 2. The van der Waals surface area contributed by atoms with E-state index in [2.05, 4.69) is 18.1 Å². The molecule has 0 spiro atoms. The molecule has 1 aliphatic rings.